The first-order chi connectivity index (χ1) is 5.75. The molecule has 0 bridgehead atoms. The highest BCUT2D eigenvalue weighted by atomic mass is 32.1. The maximum atomic E-state index is 8.68. The molecule has 0 unspecified atom stereocenters. The fourth-order valence-corrected chi connectivity index (χ4v) is 1.42. The van der Waals surface area contributed by atoms with E-state index in [1.807, 2.05) is 24.3 Å². The minimum atomic E-state index is -0.108. The first-order valence-electron chi connectivity index (χ1n) is 3.90. The van der Waals surface area contributed by atoms with Crippen LogP contribution in [0.4, 0.5) is 0 Å². The van der Waals surface area contributed by atoms with E-state index in [-0.39, 0.29) is 12.6 Å². The molecule has 0 radical (unpaired) electrons. The number of hydrogen-bond donors (Lipinski definition) is 3. The van der Waals surface area contributed by atoms with E-state index < -0.39 is 0 Å². The highest BCUT2D eigenvalue weighted by Crippen LogP contribution is 2.20. The van der Waals surface area contributed by atoms with Crippen LogP contribution in [0.15, 0.2) is 29.2 Å². The molecule has 0 aromatic heterocycles. The highest BCUT2D eigenvalue weighted by Gasteiger charge is 2.06. The van der Waals surface area contributed by atoms with Crippen LogP contribution < -0.4 is 5.73 Å². The van der Waals surface area contributed by atoms with Crippen LogP contribution in [0, 0.1) is 0 Å². The molecule has 66 valence electrons. The summed E-state index contributed by atoms with van der Waals surface area (Å²) in [5.74, 6) is 0. The predicted molar refractivity (Wildman–Crippen MR) is 52.3 cm³/mol. The molecule has 0 aliphatic rings. The van der Waals surface area contributed by atoms with E-state index in [1.54, 1.807) is 0 Å². The molecule has 0 aliphatic heterocycles. The molecule has 0 saturated carbocycles. The minimum absolute atomic E-state index is 0.108. The Morgan fingerprint density at radius 1 is 1.42 bits per heavy atom. The van der Waals surface area contributed by atoms with Crippen molar-refractivity contribution < 1.29 is 5.11 Å². The summed E-state index contributed by atoms with van der Waals surface area (Å²) in [7, 11) is 0. The number of hydrogen-bond acceptors (Lipinski definition) is 3. The van der Waals surface area contributed by atoms with Crippen LogP contribution in [-0.2, 0) is 0 Å². The maximum absolute atomic E-state index is 8.68. The van der Waals surface area contributed by atoms with Gasteiger partial charge < -0.3 is 10.8 Å². The molecule has 3 heteroatoms. The lowest BCUT2D eigenvalue weighted by Crippen LogP contribution is -2.12. The molecule has 3 N–H and O–H groups in total. The van der Waals surface area contributed by atoms with Crippen LogP contribution in [0.3, 0.4) is 0 Å². The molecule has 1 aromatic carbocycles. The number of aliphatic hydroxyl groups excluding tert-OH is 1. The van der Waals surface area contributed by atoms with Crippen molar-refractivity contribution >= 4 is 12.6 Å². The molecular weight excluding hydrogens is 170 g/mol. The normalized spacial score (nSPS) is 12.9. The lowest BCUT2D eigenvalue weighted by molar-refractivity contribution is 0.276. The van der Waals surface area contributed by atoms with Crippen molar-refractivity contribution in [2.45, 2.75) is 17.4 Å². The lowest BCUT2D eigenvalue weighted by atomic mass is 10.1. The first-order valence-corrected chi connectivity index (χ1v) is 4.34. The van der Waals surface area contributed by atoms with Crippen molar-refractivity contribution in [3.63, 3.8) is 0 Å². The zero-order valence-corrected chi connectivity index (χ0v) is 7.67. The van der Waals surface area contributed by atoms with Crippen molar-refractivity contribution in [2.75, 3.05) is 6.61 Å². The van der Waals surface area contributed by atoms with Crippen molar-refractivity contribution in [2.24, 2.45) is 5.73 Å². The number of nitrogens with two attached hydrogens (primary N) is 1. The summed E-state index contributed by atoms with van der Waals surface area (Å²) in [5, 5.41) is 8.68. The van der Waals surface area contributed by atoms with Gasteiger partial charge >= 0.3 is 0 Å². The molecule has 1 aromatic rings. The van der Waals surface area contributed by atoms with E-state index >= 15 is 0 Å². The largest absolute Gasteiger partial charge is 0.396 e. The number of thiol groups is 1. The summed E-state index contributed by atoms with van der Waals surface area (Å²) in [6.45, 7) is 0.114. The van der Waals surface area contributed by atoms with Crippen LogP contribution in [0.5, 0.6) is 0 Å². The molecule has 0 heterocycles. The molecule has 1 rings (SSSR count). The zero-order chi connectivity index (χ0) is 8.97. The quantitative estimate of drug-likeness (QED) is 0.620. The maximum Gasteiger partial charge on any atom is 0.0449 e. The second-order valence-electron chi connectivity index (χ2n) is 2.68. The van der Waals surface area contributed by atoms with Gasteiger partial charge in [-0.2, -0.15) is 0 Å². The highest BCUT2D eigenvalue weighted by molar-refractivity contribution is 7.80. The summed E-state index contributed by atoms with van der Waals surface area (Å²) in [6, 6.07) is 7.56. The van der Waals surface area contributed by atoms with Crippen molar-refractivity contribution in [3.8, 4) is 0 Å². The third-order valence-corrected chi connectivity index (χ3v) is 2.18. The Kier molecular flexibility index (Phi) is 3.59. The fraction of sp³-hybridized carbons (Fsp3) is 0.333. The average Bonchev–Trinajstić information content (AvgIpc) is 2.05. The number of rotatable bonds is 3. The molecule has 2 nitrogen and oxygen atoms in total. The first kappa shape index (κ1) is 9.58. The second-order valence-corrected chi connectivity index (χ2v) is 3.16. The molecule has 0 spiro atoms. The Morgan fingerprint density at radius 3 is 2.67 bits per heavy atom. The topological polar surface area (TPSA) is 46.2 Å². The fourth-order valence-electron chi connectivity index (χ4n) is 1.10. The average molecular weight is 183 g/mol. The van der Waals surface area contributed by atoms with Gasteiger partial charge in [0, 0.05) is 17.5 Å². The smallest absolute Gasteiger partial charge is 0.0449 e. The third kappa shape index (κ3) is 2.24. The van der Waals surface area contributed by atoms with Gasteiger partial charge in [0.2, 0.25) is 0 Å². The molecule has 0 fully saturated rings. The number of benzene rings is 1. The van der Waals surface area contributed by atoms with Crippen LogP contribution in [0.2, 0.25) is 0 Å². The summed E-state index contributed by atoms with van der Waals surface area (Å²) >= 11 is 4.27. The van der Waals surface area contributed by atoms with E-state index in [2.05, 4.69) is 12.6 Å². The van der Waals surface area contributed by atoms with Gasteiger partial charge in [-0.25, -0.2) is 0 Å². The van der Waals surface area contributed by atoms with Gasteiger partial charge in [0.1, 0.15) is 0 Å². The molecule has 12 heavy (non-hydrogen) atoms. The lowest BCUT2D eigenvalue weighted by Gasteiger charge is -2.11. The van der Waals surface area contributed by atoms with E-state index in [0.29, 0.717) is 6.42 Å². The Hall–Kier alpha value is -0.510. The van der Waals surface area contributed by atoms with Crippen molar-refractivity contribution in [3.05, 3.63) is 29.8 Å². The second kappa shape index (κ2) is 4.50. The standard InChI is InChI=1S/C9H13NOS/c10-8(5-6-11)7-3-1-2-4-9(7)12/h1-4,8,11-12H,5-6,10H2/t8-/m1/s1. The SMILES string of the molecule is N[C@H](CCO)c1ccccc1S. The summed E-state index contributed by atoms with van der Waals surface area (Å²) < 4.78 is 0. The Bertz CT molecular complexity index is 252. The summed E-state index contributed by atoms with van der Waals surface area (Å²) in [5.41, 5.74) is 6.79. The minimum Gasteiger partial charge on any atom is -0.396 e. The van der Waals surface area contributed by atoms with Gasteiger partial charge in [-0.05, 0) is 18.1 Å². The Morgan fingerprint density at radius 2 is 2.08 bits per heavy atom. The summed E-state index contributed by atoms with van der Waals surface area (Å²) in [6.07, 6.45) is 0.581. The van der Waals surface area contributed by atoms with Gasteiger partial charge in [0.05, 0.1) is 0 Å². The zero-order valence-electron chi connectivity index (χ0n) is 6.77. The third-order valence-electron chi connectivity index (χ3n) is 1.78. The van der Waals surface area contributed by atoms with Crippen LogP contribution in [0.25, 0.3) is 0 Å². The van der Waals surface area contributed by atoms with Gasteiger partial charge in [0.25, 0.3) is 0 Å². The molecule has 0 saturated heterocycles. The van der Waals surface area contributed by atoms with E-state index in [4.69, 9.17) is 10.8 Å². The monoisotopic (exact) mass is 183 g/mol. The predicted octanol–water partition coefficient (Wildman–Crippen LogP) is 1.36. The van der Waals surface area contributed by atoms with E-state index in [9.17, 15) is 0 Å². The Balaban J connectivity index is 2.79. The van der Waals surface area contributed by atoms with E-state index in [1.165, 1.54) is 0 Å². The van der Waals surface area contributed by atoms with Gasteiger partial charge in [-0.15, -0.1) is 12.6 Å². The van der Waals surface area contributed by atoms with Crippen LogP contribution in [-0.4, -0.2) is 11.7 Å². The number of aliphatic hydroxyl groups is 1. The molecule has 0 aliphatic carbocycles. The van der Waals surface area contributed by atoms with Gasteiger partial charge in [0.15, 0.2) is 0 Å². The molecule has 1 atom stereocenters. The van der Waals surface area contributed by atoms with Crippen molar-refractivity contribution in [1.29, 1.82) is 0 Å². The van der Waals surface area contributed by atoms with Gasteiger partial charge in [-0.1, -0.05) is 18.2 Å². The molecular formula is C9H13NOS. The van der Waals surface area contributed by atoms with Gasteiger partial charge in [-0.3, -0.25) is 0 Å². The van der Waals surface area contributed by atoms with E-state index in [0.717, 1.165) is 10.5 Å². The van der Waals surface area contributed by atoms with Crippen molar-refractivity contribution in [1.82, 2.24) is 0 Å². The van der Waals surface area contributed by atoms with Crippen LogP contribution in [0.1, 0.15) is 18.0 Å². The van der Waals surface area contributed by atoms with Crippen LogP contribution >= 0.6 is 12.6 Å². The summed E-state index contributed by atoms with van der Waals surface area (Å²) in [4.78, 5) is 0.887. The Labute approximate surface area is 77.8 Å². The molecule has 0 amide bonds.